The van der Waals surface area contributed by atoms with Crippen molar-refractivity contribution < 1.29 is 24.5 Å². The van der Waals surface area contributed by atoms with Crippen LogP contribution in [0.4, 0.5) is 4.79 Å². The van der Waals surface area contributed by atoms with Crippen LogP contribution in [0.1, 0.15) is 22.8 Å². The molecule has 2 atom stereocenters. The van der Waals surface area contributed by atoms with Crippen molar-refractivity contribution in [3.63, 3.8) is 0 Å². The Morgan fingerprint density at radius 1 is 1.30 bits per heavy atom. The number of aromatic hydroxyl groups is 1. The van der Waals surface area contributed by atoms with Crippen molar-refractivity contribution >= 4 is 34.0 Å². The van der Waals surface area contributed by atoms with Crippen LogP contribution >= 0.6 is 11.3 Å². The second-order valence-electron chi connectivity index (χ2n) is 6.98. The molecule has 3 heterocycles. The molecule has 1 aliphatic rings. The first-order valence-corrected chi connectivity index (χ1v) is 9.93. The monoisotopic (exact) mass is 425 g/mol. The number of hydrogen-bond acceptors (Lipinski definition) is 6. The number of carbonyl (C=O) groups excluding carboxylic acids is 2. The van der Waals surface area contributed by atoms with Crippen LogP contribution in [0.2, 0.25) is 0 Å². The molecule has 3 amide bonds. The summed E-state index contributed by atoms with van der Waals surface area (Å²) in [6.45, 7) is 1.57. The zero-order valence-corrected chi connectivity index (χ0v) is 17.0. The van der Waals surface area contributed by atoms with Crippen molar-refractivity contribution in [3.8, 4) is 23.5 Å². The summed E-state index contributed by atoms with van der Waals surface area (Å²) in [5.74, 6) is 5.70. The van der Waals surface area contributed by atoms with E-state index >= 15 is 0 Å². The van der Waals surface area contributed by atoms with E-state index in [1.54, 1.807) is 43.5 Å². The van der Waals surface area contributed by atoms with Crippen molar-refractivity contribution in [2.75, 3.05) is 7.11 Å². The minimum Gasteiger partial charge on any atom is -0.497 e. The van der Waals surface area contributed by atoms with Crippen LogP contribution in [-0.4, -0.2) is 39.4 Å². The Morgan fingerprint density at radius 2 is 2.10 bits per heavy atom. The summed E-state index contributed by atoms with van der Waals surface area (Å²) in [6, 6.07) is 8.10. The number of ether oxygens (including phenoxy) is 1. The minimum atomic E-state index is -1.55. The van der Waals surface area contributed by atoms with Crippen molar-refractivity contribution in [1.29, 1.82) is 0 Å². The van der Waals surface area contributed by atoms with E-state index in [4.69, 9.17) is 4.74 Å². The van der Waals surface area contributed by atoms with Crippen molar-refractivity contribution in [1.82, 2.24) is 15.2 Å². The maximum absolute atomic E-state index is 12.6. The van der Waals surface area contributed by atoms with Crippen LogP contribution in [0.25, 0.3) is 10.8 Å². The number of aliphatic hydroxyl groups excluding tert-OH is 1. The summed E-state index contributed by atoms with van der Waals surface area (Å²) in [6.07, 6.45) is 1.07. The average molecular weight is 425 g/mol. The highest BCUT2D eigenvalue weighted by atomic mass is 32.1. The van der Waals surface area contributed by atoms with E-state index in [0.29, 0.717) is 16.0 Å². The van der Waals surface area contributed by atoms with E-state index in [0.717, 1.165) is 10.3 Å². The fourth-order valence-electron chi connectivity index (χ4n) is 3.27. The van der Waals surface area contributed by atoms with Gasteiger partial charge in [0.2, 0.25) is 5.54 Å². The second-order valence-corrected chi connectivity index (χ2v) is 8.09. The fourth-order valence-corrected chi connectivity index (χ4v) is 4.07. The molecule has 30 heavy (non-hydrogen) atoms. The third-order valence-electron chi connectivity index (χ3n) is 4.86. The number of nitrogens with one attached hydrogen (secondary N) is 2. The van der Waals surface area contributed by atoms with Crippen LogP contribution in [0.15, 0.2) is 36.5 Å². The summed E-state index contributed by atoms with van der Waals surface area (Å²) < 4.78 is 6.67. The highest BCUT2D eigenvalue weighted by Gasteiger charge is 2.46. The van der Waals surface area contributed by atoms with Crippen molar-refractivity contribution in [3.05, 3.63) is 46.3 Å². The predicted octanol–water partition coefficient (Wildman–Crippen LogP) is 2.10. The average Bonchev–Trinajstić information content (AvgIpc) is 3.38. The Kier molecular flexibility index (Phi) is 4.89. The molecule has 8 nitrogen and oxygen atoms in total. The molecule has 3 aromatic rings. The largest absolute Gasteiger partial charge is 0.497 e. The van der Waals surface area contributed by atoms with Gasteiger partial charge in [-0.15, -0.1) is 11.3 Å². The molecular weight excluding hydrogens is 406 g/mol. The van der Waals surface area contributed by atoms with E-state index < -0.39 is 23.6 Å². The van der Waals surface area contributed by atoms with E-state index in [1.165, 1.54) is 23.0 Å². The Bertz CT molecular complexity index is 1220. The molecular formula is C21H19N3O5S. The molecule has 4 N–H and O–H groups in total. The molecule has 9 heteroatoms. The first kappa shape index (κ1) is 19.8. The number of amides is 3. The molecule has 154 valence electrons. The molecule has 0 bridgehead atoms. The number of imide groups is 1. The number of aromatic nitrogens is 1. The molecule has 0 spiro atoms. The molecule has 1 aromatic carbocycles. The van der Waals surface area contributed by atoms with E-state index in [1.807, 2.05) is 0 Å². The first-order valence-electron chi connectivity index (χ1n) is 9.12. The smallest absolute Gasteiger partial charge is 0.323 e. The highest BCUT2D eigenvalue weighted by Crippen LogP contribution is 2.32. The predicted molar refractivity (Wildman–Crippen MR) is 111 cm³/mol. The molecule has 1 saturated heterocycles. The molecule has 0 aliphatic carbocycles. The normalized spacial score (nSPS) is 19.2. The second kappa shape index (κ2) is 7.40. The summed E-state index contributed by atoms with van der Waals surface area (Å²) in [5.41, 5.74) is -1.55. The number of methoxy groups -OCH3 is 1. The summed E-state index contributed by atoms with van der Waals surface area (Å²) in [5, 5.41) is 26.5. The minimum absolute atomic E-state index is 0.0634. The van der Waals surface area contributed by atoms with Gasteiger partial charge in [0.05, 0.1) is 24.6 Å². The van der Waals surface area contributed by atoms with Crippen LogP contribution in [0.3, 0.4) is 0 Å². The van der Waals surface area contributed by atoms with Gasteiger partial charge < -0.3 is 24.8 Å². The lowest BCUT2D eigenvalue weighted by Crippen LogP contribution is -2.49. The third kappa shape index (κ3) is 3.47. The number of hydrogen-bond donors (Lipinski definition) is 4. The first-order chi connectivity index (χ1) is 14.3. The molecule has 1 aliphatic heterocycles. The summed E-state index contributed by atoms with van der Waals surface area (Å²) in [4.78, 5) is 25.9. The van der Waals surface area contributed by atoms with Crippen LogP contribution in [0.5, 0.6) is 11.6 Å². The highest BCUT2D eigenvalue weighted by molar-refractivity contribution is 7.12. The van der Waals surface area contributed by atoms with Gasteiger partial charge >= 0.3 is 6.03 Å². The number of rotatable bonds is 4. The number of carbonyl (C=O) groups is 2. The van der Waals surface area contributed by atoms with Gasteiger partial charge in [-0.05, 0) is 37.3 Å². The van der Waals surface area contributed by atoms with Gasteiger partial charge in [0.15, 0.2) is 5.88 Å². The molecule has 4 rings (SSSR count). The third-order valence-corrected chi connectivity index (χ3v) is 6.03. The Hall–Kier alpha value is -3.48. The van der Waals surface area contributed by atoms with E-state index in [2.05, 4.69) is 22.5 Å². The number of fused-ring (bicyclic) bond motifs is 1. The molecule has 1 unspecified atom stereocenters. The van der Waals surface area contributed by atoms with Gasteiger partial charge in [-0.1, -0.05) is 11.8 Å². The van der Waals surface area contributed by atoms with Gasteiger partial charge in [0.1, 0.15) is 5.75 Å². The van der Waals surface area contributed by atoms with Gasteiger partial charge in [0.25, 0.3) is 5.91 Å². The van der Waals surface area contributed by atoms with Gasteiger partial charge in [-0.25, -0.2) is 4.79 Å². The number of urea groups is 1. The van der Waals surface area contributed by atoms with Gasteiger partial charge in [0, 0.05) is 21.8 Å². The maximum atomic E-state index is 12.6. The lowest BCUT2D eigenvalue weighted by atomic mass is 10.0. The Morgan fingerprint density at radius 3 is 2.73 bits per heavy atom. The van der Waals surface area contributed by atoms with Crippen molar-refractivity contribution in [2.24, 2.45) is 0 Å². The molecule has 2 aromatic heterocycles. The molecule has 1 fully saturated rings. The van der Waals surface area contributed by atoms with E-state index in [9.17, 15) is 19.8 Å². The summed E-state index contributed by atoms with van der Waals surface area (Å²) >= 11 is 1.30. The summed E-state index contributed by atoms with van der Waals surface area (Å²) in [7, 11) is 1.53. The number of aliphatic hydroxyl groups is 1. The number of thiophene rings is 1. The zero-order valence-electron chi connectivity index (χ0n) is 16.2. The SMILES string of the molecule is COc1ccc2cn(C[C@@]3(C#Cc4ccc(C(C)O)s4)NC(=O)NC3=O)c(O)c2c1. The van der Waals surface area contributed by atoms with Gasteiger partial charge in [-0.2, -0.15) is 0 Å². The fraction of sp³-hybridized carbons (Fsp3) is 0.238. The molecule has 0 radical (unpaired) electrons. The van der Waals surface area contributed by atoms with Crippen LogP contribution in [-0.2, 0) is 11.3 Å². The Labute approximate surface area is 176 Å². The number of nitrogens with zero attached hydrogens (tertiary/aromatic N) is 1. The quantitative estimate of drug-likeness (QED) is 0.378. The van der Waals surface area contributed by atoms with E-state index in [-0.39, 0.29) is 12.4 Å². The lowest BCUT2D eigenvalue weighted by Gasteiger charge is -2.20. The van der Waals surface area contributed by atoms with Gasteiger partial charge in [-0.3, -0.25) is 10.1 Å². The maximum Gasteiger partial charge on any atom is 0.323 e. The zero-order chi connectivity index (χ0) is 21.5. The Balaban J connectivity index is 1.73. The van der Waals surface area contributed by atoms with Crippen LogP contribution in [0, 0.1) is 11.8 Å². The standard InChI is InChI=1S/C21H19N3O5S/c1-12(25)17-6-5-15(30-17)7-8-21(19(27)22-20(28)23-21)11-24-10-13-3-4-14(29-2)9-16(13)18(24)26/h3-6,9-10,12,25-26H,11H2,1-2H3,(H2,22,23,27,28)/t12?,21-/m1/s1. The van der Waals surface area contributed by atoms with Crippen LogP contribution < -0.4 is 15.4 Å². The lowest BCUT2D eigenvalue weighted by molar-refractivity contribution is -0.122. The molecule has 0 saturated carbocycles. The van der Waals surface area contributed by atoms with Crippen molar-refractivity contribution in [2.45, 2.75) is 25.1 Å². The topological polar surface area (TPSA) is 113 Å². The number of benzene rings is 1.